The molecule has 4 heteroatoms. The first-order valence-electron chi connectivity index (χ1n) is 7.53. The minimum Gasteiger partial charge on any atom is -0.492 e. The molecule has 1 aliphatic rings. The van der Waals surface area contributed by atoms with Crippen LogP contribution in [0, 0.1) is 0 Å². The van der Waals surface area contributed by atoms with Gasteiger partial charge in [-0.3, -0.25) is 4.98 Å². The lowest BCUT2D eigenvalue weighted by molar-refractivity contribution is -0.0834. The van der Waals surface area contributed by atoms with Crippen LogP contribution in [0.25, 0.3) is 0 Å². The van der Waals surface area contributed by atoms with E-state index in [0.29, 0.717) is 0 Å². The van der Waals surface area contributed by atoms with E-state index < -0.39 is 0 Å². The Balaban J connectivity index is 2.06. The molecule has 20 heavy (non-hydrogen) atoms. The number of ether oxygens (including phenoxy) is 2. The second-order valence-corrected chi connectivity index (χ2v) is 5.59. The molecule has 1 heterocycles. The SMILES string of the molecule is CCCOc1cncc(C(CC2(OC)CCC2)NC)c1. The van der Waals surface area contributed by atoms with Crippen LogP contribution in [0.4, 0.5) is 0 Å². The molecular formula is C16H26N2O2. The molecule has 0 aliphatic heterocycles. The summed E-state index contributed by atoms with van der Waals surface area (Å²) in [6, 6.07) is 2.35. The molecule has 1 unspecified atom stereocenters. The number of nitrogens with one attached hydrogen (secondary N) is 1. The van der Waals surface area contributed by atoms with Gasteiger partial charge in [-0.25, -0.2) is 0 Å². The molecule has 0 amide bonds. The second kappa shape index (κ2) is 7.04. The average molecular weight is 278 g/mol. The van der Waals surface area contributed by atoms with Gasteiger partial charge in [0.15, 0.2) is 0 Å². The van der Waals surface area contributed by atoms with Crippen LogP contribution in [-0.2, 0) is 4.74 Å². The zero-order valence-corrected chi connectivity index (χ0v) is 12.8. The molecule has 1 N–H and O–H groups in total. The van der Waals surface area contributed by atoms with E-state index in [4.69, 9.17) is 9.47 Å². The highest BCUT2D eigenvalue weighted by atomic mass is 16.5. The van der Waals surface area contributed by atoms with Gasteiger partial charge in [0, 0.05) is 19.3 Å². The first-order chi connectivity index (χ1) is 9.73. The Hall–Kier alpha value is -1.13. The molecule has 1 fully saturated rings. The van der Waals surface area contributed by atoms with Crippen LogP contribution < -0.4 is 10.1 Å². The quantitative estimate of drug-likeness (QED) is 0.793. The van der Waals surface area contributed by atoms with Gasteiger partial charge in [-0.2, -0.15) is 0 Å². The van der Waals surface area contributed by atoms with Gasteiger partial charge in [-0.05, 0) is 50.8 Å². The standard InChI is InChI=1S/C16H26N2O2/c1-4-8-20-14-9-13(11-18-12-14)15(17-2)10-16(19-3)6-5-7-16/h9,11-12,15,17H,4-8,10H2,1-3H3. The van der Waals surface area contributed by atoms with E-state index in [0.717, 1.165) is 38.0 Å². The van der Waals surface area contributed by atoms with E-state index in [9.17, 15) is 0 Å². The fourth-order valence-corrected chi connectivity index (χ4v) is 2.75. The molecule has 0 aromatic carbocycles. The number of rotatable bonds is 8. The summed E-state index contributed by atoms with van der Waals surface area (Å²) in [5, 5.41) is 3.38. The van der Waals surface area contributed by atoms with Crippen LogP contribution in [-0.4, -0.2) is 31.3 Å². The van der Waals surface area contributed by atoms with E-state index in [1.807, 2.05) is 20.4 Å². The van der Waals surface area contributed by atoms with Gasteiger partial charge in [0.2, 0.25) is 0 Å². The third-order valence-corrected chi connectivity index (χ3v) is 4.23. The Morgan fingerprint density at radius 2 is 2.20 bits per heavy atom. The van der Waals surface area contributed by atoms with Gasteiger partial charge in [-0.15, -0.1) is 0 Å². The van der Waals surface area contributed by atoms with Crippen LogP contribution in [0.3, 0.4) is 0 Å². The molecule has 1 saturated carbocycles. The fourth-order valence-electron chi connectivity index (χ4n) is 2.75. The Bertz CT molecular complexity index is 413. The van der Waals surface area contributed by atoms with Crippen molar-refractivity contribution in [1.82, 2.24) is 10.3 Å². The van der Waals surface area contributed by atoms with Gasteiger partial charge in [0.05, 0.1) is 18.4 Å². The number of hydrogen-bond donors (Lipinski definition) is 1. The third kappa shape index (κ3) is 3.49. The molecule has 0 radical (unpaired) electrons. The topological polar surface area (TPSA) is 43.4 Å². The number of hydrogen-bond acceptors (Lipinski definition) is 4. The van der Waals surface area contributed by atoms with Gasteiger partial charge < -0.3 is 14.8 Å². The number of nitrogens with zero attached hydrogens (tertiary/aromatic N) is 1. The molecule has 0 saturated heterocycles. The molecule has 1 aromatic heterocycles. The molecule has 1 atom stereocenters. The summed E-state index contributed by atoms with van der Waals surface area (Å²) in [7, 11) is 3.82. The van der Waals surface area contributed by atoms with Gasteiger partial charge in [0.25, 0.3) is 0 Å². The van der Waals surface area contributed by atoms with E-state index >= 15 is 0 Å². The van der Waals surface area contributed by atoms with E-state index in [-0.39, 0.29) is 11.6 Å². The van der Waals surface area contributed by atoms with Gasteiger partial charge in [0.1, 0.15) is 5.75 Å². The summed E-state index contributed by atoms with van der Waals surface area (Å²) in [6.07, 6.45) is 9.26. The minimum atomic E-state index is 0.0496. The summed E-state index contributed by atoms with van der Waals surface area (Å²) < 4.78 is 11.4. The molecule has 4 nitrogen and oxygen atoms in total. The minimum absolute atomic E-state index is 0.0496. The van der Waals surface area contributed by atoms with Crippen molar-refractivity contribution in [2.24, 2.45) is 0 Å². The molecule has 2 rings (SSSR count). The number of aromatic nitrogens is 1. The summed E-state index contributed by atoms with van der Waals surface area (Å²) >= 11 is 0. The summed E-state index contributed by atoms with van der Waals surface area (Å²) in [5.41, 5.74) is 1.22. The lowest BCUT2D eigenvalue weighted by Crippen LogP contribution is -2.42. The maximum Gasteiger partial charge on any atom is 0.137 e. The predicted molar refractivity (Wildman–Crippen MR) is 80.0 cm³/mol. The van der Waals surface area contributed by atoms with Crippen molar-refractivity contribution in [3.05, 3.63) is 24.0 Å². The maximum absolute atomic E-state index is 5.73. The largest absolute Gasteiger partial charge is 0.492 e. The first kappa shape index (κ1) is 15.3. The van der Waals surface area contributed by atoms with Crippen molar-refractivity contribution in [3.8, 4) is 5.75 Å². The Morgan fingerprint density at radius 1 is 1.40 bits per heavy atom. The van der Waals surface area contributed by atoms with Crippen LogP contribution in [0.2, 0.25) is 0 Å². The van der Waals surface area contributed by atoms with Crippen molar-refractivity contribution >= 4 is 0 Å². The summed E-state index contributed by atoms with van der Waals surface area (Å²) in [5.74, 6) is 0.852. The van der Waals surface area contributed by atoms with E-state index in [1.165, 1.54) is 12.0 Å². The first-order valence-corrected chi connectivity index (χ1v) is 7.53. The molecule has 112 valence electrons. The number of methoxy groups -OCH3 is 1. The highest BCUT2D eigenvalue weighted by Crippen LogP contribution is 2.41. The maximum atomic E-state index is 5.73. The van der Waals surface area contributed by atoms with Crippen molar-refractivity contribution in [1.29, 1.82) is 0 Å². The van der Waals surface area contributed by atoms with Crippen molar-refractivity contribution in [2.75, 3.05) is 20.8 Å². The average Bonchev–Trinajstić information content (AvgIpc) is 2.45. The fraction of sp³-hybridized carbons (Fsp3) is 0.688. The highest BCUT2D eigenvalue weighted by molar-refractivity contribution is 5.26. The van der Waals surface area contributed by atoms with Crippen molar-refractivity contribution in [3.63, 3.8) is 0 Å². The Kier molecular flexibility index (Phi) is 5.38. The highest BCUT2D eigenvalue weighted by Gasteiger charge is 2.39. The molecular weight excluding hydrogens is 252 g/mol. The Labute approximate surface area is 121 Å². The lowest BCUT2D eigenvalue weighted by Gasteiger charge is -2.42. The van der Waals surface area contributed by atoms with Gasteiger partial charge >= 0.3 is 0 Å². The van der Waals surface area contributed by atoms with E-state index in [2.05, 4.69) is 23.3 Å². The van der Waals surface area contributed by atoms with Crippen LogP contribution >= 0.6 is 0 Å². The van der Waals surface area contributed by atoms with Gasteiger partial charge in [-0.1, -0.05) is 6.92 Å². The number of pyridine rings is 1. The summed E-state index contributed by atoms with van der Waals surface area (Å²) in [4.78, 5) is 4.30. The zero-order chi connectivity index (χ0) is 14.4. The second-order valence-electron chi connectivity index (χ2n) is 5.59. The monoisotopic (exact) mass is 278 g/mol. The molecule has 1 aliphatic carbocycles. The molecule has 0 spiro atoms. The van der Waals surface area contributed by atoms with Crippen molar-refractivity contribution < 1.29 is 9.47 Å². The van der Waals surface area contributed by atoms with E-state index in [1.54, 1.807) is 6.20 Å². The summed E-state index contributed by atoms with van der Waals surface area (Å²) in [6.45, 7) is 2.84. The van der Waals surface area contributed by atoms with Crippen LogP contribution in [0.15, 0.2) is 18.5 Å². The smallest absolute Gasteiger partial charge is 0.137 e. The third-order valence-electron chi connectivity index (χ3n) is 4.23. The Morgan fingerprint density at radius 3 is 2.75 bits per heavy atom. The zero-order valence-electron chi connectivity index (χ0n) is 12.8. The predicted octanol–water partition coefficient (Wildman–Crippen LogP) is 3.09. The lowest BCUT2D eigenvalue weighted by atomic mass is 9.75. The van der Waals surface area contributed by atoms with Crippen LogP contribution in [0.1, 0.15) is 50.6 Å². The van der Waals surface area contributed by atoms with Crippen molar-refractivity contribution in [2.45, 2.75) is 50.7 Å². The molecule has 0 bridgehead atoms. The molecule has 1 aromatic rings. The normalized spacial score (nSPS) is 18.4. The van der Waals surface area contributed by atoms with Crippen LogP contribution in [0.5, 0.6) is 5.75 Å².